The van der Waals surface area contributed by atoms with Crippen molar-refractivity contribution < 1.29 is 28.7 Å². The second-order valence-corrected chi connectivity index (χ2v) is 4.06. The summed E-state index contributed by atoms with van der Waals surface area (Å²) in [4.78, 5) is 39.5. The lowest BCUT2D eigenvalue weighted by Crippen LogP contribution is -2.32. The van der Waals surface area contributed by atoms with Crippen molar-refractivity contribution in [2.45, 2.75) is 12.8 Å². The zero-order valence-electron chi connectivity index (χ0n) is 11.0. The van der Waals surface area contributed by atoms with Crippen molar-refractivity contribution in [1.82, 2.24) is 5.06 Å². The fourth-order valence-electron chi connectivity index (χ4n) is 1.72. The van der Waals surface area contributed by atoms with Gasteiger partial charge < -0.3 is 14.3 Å². The average molecular weight is 279 g/mol. The van der Waals surface area contributed by atoms with Crippen LogP contribution >= 0.6 is 0 Å². The molecule has 2 amide bonds. The molecular weight excluding hydrogens is 266 g/mol. The molecule has 1 saturated heterocycles. The Bertz CT molecular complexity index is 530. The number of methoxy groups -OCH3 is 2. The predicted molar refractivity (Wildman–Crippen MR) is 66.0 cm³/mol. The number of imide groups is 1. The first-order valence-electron chi connectivity index (χ1n) is 5.86. The molecule has 1 fully saturated rings. The normalized spacial score (nSPS) is 14.4. The van der Waals surface area contributed by atoms with Gasteiger partial charge in [0, 0.05) is 18.9 Å². The summed E-state index contributed by atoms with van der Waals surface area (Å²) in [5.74, 6) is -1.09. The summed E-state index contributed by atoms with van der Waals surface area (Å²) in [5, 5.41) is 0.494. The van der Waals surface area contributed by atoms with Crippen molar-refractivity contribution >= 4 is 17.8 Å². The van der Waals surface area contributed by atoms with E-state index < -0.39 is 17.8 Å². The van der Waals surface area contributed by atoms with E-state index in [2.05, 4.69) is 0 Å². The number of nitrogens with zero attached hydrogens (tertiary/aromatic N) is 1. The van der Waals surface area contributed by atoms with Gasteiger partial charge in [-0.1, -0.05) is 0 Å². The summed E-state index contributed by atoms with van der Waals surface area (Å²) in [5.41, 5.74) is 0.119. The highest BCUT2D eigenvalue weighted by Gasteiger charge is 2.33. The second kappa shape index (κ2) is 5.60. The van der Waals surface area contributed by atoms with Crippen LogP contribution in [0.25, 0.3) is 0 Å². The minimum absolute atomic E-state index is 0.0492. The molecule has 2 rings (SSSR count). The highest BCUT2D eigenvalue weighted by molar-refractivity contribution is 6.02. The molecule has 0 aromatic heterocycles. The fraction of sp³-hybridized carbons (Fsp3) is 0.308. The van der Waals surface area contributed by atoms with E-state index in [0.717, 1.165) is 0 Å². The maximum absolute atomic E-state index is 11.9. The summed E-state index contributed by atoms with van der Waals surface area (Å²) in [6.07, 6.45) is 0.0983. The number of carbonyl (C=O) groups excluding carboxylic acids is 3. The van der Waals surface area contributed by atoms with Crippen molar-refractivity contribution in [2.24, 2.45) is 0 Å². The van der Waals surface area contributed by atoms with Crippen LogP contribution < -0.4 is 9.47 Å². The highest BCUT2D eigenvalue weighted by atomic mass is 16.7. The van der Waals surface area contributed by atoms with Crippen molar-refractivity contribution in [1.29, 1.82) is 0 Å². The van der Waals surface area contributed by atoms with Gasteiger partial charge in [-0.25, -0.2) is 4.79 Å². The Hall–Kier alpha value is -2.57. The van der Waals surface area contributed by atoms with Gasteiger partial charge in [-0.2, -0.15) is 0 Å². The van der Waals surface area contributed by atoms with Gasteiger partial charge in [-0.3, -0.25) is 9.59 Å². The molecule has 1 aliphatic heterocycles. The van der Waals surface area contributed by atoms with E-state index in [1.807, 2.05) is 0 Å². The lowest BCUT2D eigenvalue weighted by atomic mass is 10.2. The predicted octanol–water partition coefficient (Wildman–Crippen LogP) is 0.925. The van der Waals surface area contributed by atoms with Gasteiger partial charge in [-0.05, 0) is 12.1 Å². The van der Waals surface area contributed by atoms with Gasteiger partial charge in [0.2, 0.25) is 0 Å². The maximum atomic E-state index is 11.9. The molecule has 1 aromatic rings. The number of ether oxygens (including phenoxy) is 2. The minimum atomic E-state index is -0.828. The van der Waals surface area contributed by atoms with Crippen molar-refractivity contribution in [3.8, 4) is 11.5 Å². The van der Waals surface area contributed by atoms with Crippen molar-refractivity contribution in [3.05, 3.63) is 23.8 Å². The first-order chi connectivity index (χ1) is 9.55. The molecule has 0 atom stereocenters. The van der Waals surface area contributed by atoms with Gasteiger partial charge in [0.05, 0.1) is 19.8 Å². The molecule has 0 bridgehead atoms. The zero-order valence-corrected chi connectivity index (χ0v) is 11.0. The fourth-order valence-corrected chi connectivity index (χ4v) is 1.72. The van der Waals surface area contributed by atoms with Crippen LogP contribution in [0.4, 0.5) is 0 Å². The molecule has 1 heterocycles. The molecule has 0 saturated carbocycles. The Balaban J connectivity index is 2.20. The zero-order chi connectivity index (χ0) is 14.7. The molecule has 1 aromatic carbocycles. The minimum Gasteiger partial charge on any atom is -0.497 e. The van der Waals surface area contributed by atoms with E-state index in [9.17, 15) is 14.4 Å². The third-order valence-electron chi connectivity index (χ3n) is 2.77. The van der Waals surface area contributed by atoms with E-state index in [-0.39, 0.29) is 18.4 Å². The highest BCUT2D eigenvalue weighted by Crippen LogP contribution is 2.23. The first-order valence-corrected chi connectivity index (χ1v) is 5.86. The van der Waals surface area contributed by atoms with E-state index in [0.29, 0.717) is 16.6 Å². The summed E-state index contributed by atoms with van der Waals surface area (Å²) in [6, 6.07) is 4.44. The molecule has 0 spiro atoms. The second-order valence-electron chi connectivity index (χ2n) is 4.06. The lowest BCUT2D eigenvalue weighted by molar-refractivity contribution is -0.172. The molecule has 7 heteroatoms. The third kappa shape index (κ3) is 2.71. The van der Waals surface area contributed by atoms with E-state index in [1.165, 1.54) is 26.4 Å². The summed E-state index contributed by atoms with van der Waals surface area (Å²) in [6.45, 7) is 0. The Morgan fingerprint density at radius 2 is 1.50 bits per heavy atom. The number of hydroxylamine groups is 2. The van der Waals surface area contributed by atoms with Crippen molar-refractivity contribution in [2.75, 3.05) is 14.2 Å². The maximum Gasteiger partial charge on any atom is 0.364 e. The molecule has 20 heavy (non-hydrogen) atoms. The monoisotopic (exact) mass is 279 g/mol. The van der Waals surface area contributed by atoms with Crippen LogP contribution in [0, 0.1) is 0 Å². The Labute approximate surface area is 115 Å². The quantitative estimate of drug-likeness (QED) is 0.762. The van der Waals surface area contributed by atoms with Crippen LogP contribution in [-0.4, -0.2) is 37.1 Å². The molecule has 106 valence electrons. The summed E-state index contributed by atoms with van der Waals surface area (Å²) < 4.78 is 10.0. The van der Waals surface area contributed by atoms with E-state index in [1.54, 1.807) is 6.07 Å². The van der Waals surface area contributed by atoms with Crippen LogP contribution in [0.5, 0.6) is 11.5 Å². The number of carbonyl (C=O) groups is 3. The molecule has 0 N–H and O–H groups in total. The Morgan fingerprint density at radius 3 is 1.95 bits per heavy atom. The Kier molecular flexibility index (Phi) is 3.88. The molecular formula is C13H13NO6. The molecule has 0 aliphatic carbocycles. The largest absolute Gasteiger partial charge is 0.497 e. The molecule has 0 radical (unpaired) electrons. The van der Waals surface area contributed by atoms with Crippen LogP contribution in [0.2, 0.25) is 0 Å². The smallest absolute Gasteiger partial charge is 0.364 e. The van der Waals surface area contributed by atoms with E-state index >= 15 is 0 Å². The SMILES string of the molecule is COc1cc(OC)cc(C(=O)ON2C(=O)CCC2=O)c1. The summed E-state index contributed by atoms with van der Waals surface area (Å²) in [7, 11) is 2.88. The summed E-state index contributed by atoms with van der Waals surface area (Å²) >= 11 is 0. The number of amides is 2. The molecule has 1 aliphatic rings. The first kappa shape index (κ1) is 13.9. The van der Waals surface area contributed by atoms with Gasteiger partial charge in [0.1, 0.15) is 11.5 Å². The van der Waals surface area contributed by atoms with E-state index in [4.69, 9.17) is 14.3 Å². The molecule has 0 unspecified atom stereocenters. The van der Waals surface area contributed by atoms with Crippen LogP contribution in [0.15, 0.2) is 18.2 Å². The number of hydrogen-bond donors (Lipinski definition) is 0. The number of rotatable bonds is 4. The van der Waals surface area contributed by atoms with Crippen LogP contribution in [-0.2, 0) is 14.4 Å². The topological polar surface area (TPSA) is 82.1 Å². The van der Waals surface area contributed by atoms with Crippen LogP contribution in [0.3, 0.4) is 0 Å². The van der Waals surface area contributed by atoms with Gasteiger partial charge in [0.25, 0.3) is 11.8 Å². The molecule has 7 nitrogen and oxygen atoms in total. The van der Waals surface area contributed by atoms with Crippen molar-refractivity contribution in [3.63, 3.8) is 0 Å². The van der Waals surface area contributed by atoms with Gasteiger partial charge in [-0.15, -0.1) is 5.06 Å². The number of benzene rings is 1. The Morgan fingerprint density at radius 1 is 1.00 bits per heavy atom. The average Bonchev–Trinajstić information content (AvgIpc) is 2.78. The number of hydrogen-bond acceptors (Lipinski definition) is 6. The van der Waals surface area contributed by atoms with Gasteiger partial charge in [0.15, 0.2) is 0 Å². The lowest BCUT2D eigenvalue weighted by Gasteiger charge is -2.13. The standard InChI is InChI=1S/C13H13NO6/c1-18-9-5-8(6-10(7-9)19-2)13(17)20-14-11(15)3-4-12(14)16/h5-7H,3-4H2,1-2H3. The van der Waals surface area contributed by atoms with Crippen LogP contribution in [0.1, 0.15) is 23.2 Å². The van der Waals surface area contributed by atoms with Gasteiger partial charge >= 0.3 is 5.97 Å². The third-order valence-corrected chi connectivity index (χ3v) is 2.77.